The number of rotatable bonds is 6. The van der Waals surface area contributed by atoms with E-state index in [1.165, 1.54) is 5.56 Å². The molecule has 2 rings (SSSR count). The van der Waals surface area contributed by atoms with Crippen LogP contribution in [0.15, 0.2) is 60.7 Å². The molecule has 0 heterocycles. The number of methoxy groups -OCH3 is 1. The molecule has 0 saturated carbocycles. The summed E-state index contributed by atoms with van der Waals surface area (Å²) in [5, 5.41) is 3.05. The Bertz CT molecular complexity index is 658. The normalized spacial score (nSPS) is 11.4. The van der Waals surface area contributed by atoms with Crippen LogP contribution in [0.1, 0.15) is 25.0 Å². The number of carbonyl (C=O) groups excluding carboxylic acids is 1. The Morgan fingerprint density at radius 3 is 2.35 bits per heavy atom. The van der Waals surface area contributed by atoms with Crippen LogP contribution >= 0.6 is 0 Å². The molecule has 3 nitrogen and oxygen atoms in total. The number of amides is 1. The average Bonchev–Trinajstić information content (AvgIpc) is 2.53. The van der Waals surface area contributed by atoms with Gasteiger partial charge in [-0.3, -0.25) is 4.79 Å². The first-order valence-electron chi connectivity index (χ1n) is 7.67. The van der Waals surface area contributed by atoms with Crippen molar-refractivity contribution in [3.05, 3.63) is 71.8 Å². The van der Waals surface area contributed by atoms with Crippen molar-refractivity contribution in [2.75, 3.05) is 7.11 Å². The maximum Gasteiger partial charge on any atom is 0.244 e. The molecule has 0 saturated heterocycles. The van der Waals surface area contributed by atoms with Crippen LogP contribution in [-0.2, 0) is 11.2 Å². The van der Waals surface area contributed by atoms with E-state index in [2.05, 4.69) is 17.4 Å². The topological polar surface area (TPSA) is 38.3 Å². The second kappa shape index (κ2) is 7.63. The van der Waals surface area contributed by atoms with E-state index in [0.717, 1.165) is 17.7 Å². The molecule has 2 aromatic carbocycles. The van der Waals surface area contributed by atoms with Gasteiger partial charge < -0.3 is 10.1 Å². The summed E-state index contributed by atoms with van der Waals surface area (Å²) < 4.78 is 5.11. The maximum atomic E-state index is 12.1. The van der Waals surface area contributed by atoms with Gasteiger partial charge in [-0.1, -0.05) is 42.5 Å². The lowest BCUT2D eigenvalue weighted by Crippen LogP contribution is -2.44. The number of benzene rings is 2. The van der Waals surface area contributed by atoms with Crippen molar-refractivity contribution in [2.45, 2.75) is 25.8 Å². The van der Waals surface area contributed by atoms with E-state index in [0.29, 0.717) is 0 Å². The standard InChI is InChI=1S/C20H23NO2/c1-20(2,15-17-7-5-4-6-8-17)21-19(22)14-11-16-9-12-18(23-3)13-10-16/h4-14H,15H2,1-3H3,(H,21,22)/b14-11+. The Morgan fingerprint density at radius 1 is 1.09 bits per heavy atom. The van der Waals surface area contributed by atoms with Crippen molar-refractivity contribution >= 4 is 12.0 Å². The highest BCUT2D eigenvalue weighted by Gasteiger charge is 2.19. The molecule has 0 fully saturated rings. The van der Waals surface area contributed by atoms with Gasteiger partial charge >= 0.3 is 0 Å². The molecular formula is C20H23NO2. The minimum atomic E-state index is -0.303. The first-order chi connectivity index (χ1) is 11.0. The lowest BCUT2D eigenvalue weighted by atomic mass is 9.95. The predicted octanol–water partition coefficient (Wildman–Crippen LogP) is 3.85. The number of nitrogens with one attached hydrogen (secondary N) is 1. The van der Waals surface area contributed by atoms with Gasteiger partial charge in [0.15, 0.2) is 0 Å². The third kappa shape index (κ3) is 5.62. The van der Waals surface area contributed by atoms with E-state index in [-0.39, 0.29) is 11.4 Å². The molecule has 0 unspecified atom stereocenters. The Morgan fingerprint density at radius 2 is 1.74 bits per heavy atom. The Kier molecular flexibility index (Phi) is 5.58. The van der Waals surface area contributed by atoms with Gasteiger partial charge in [0.25, 0.3) is 0 Å². The van der Waals surface area contributed by atoms with Gasteiger partial charge in [0, 0.05) is 11.6 Å². The highest BCUT2D eigenvalue weighted by molar-refractivity contribution is 5.92. The fourth-order valence-electron chi connectivity index (χ4n) is 2.41. The molecular weight excluding hydrogens is 286 g/mol. The number of hydrogen-bond donors (Lipinski definition) is 1. The van der Waals surface area contributed by atoms with E-state index in [1.54, 1.807) is 19.3 Å². The van der Waals surface area contributed by atoms with Crippen LogP contribution in [0.4, 0.5) is 0 Å². The maximum absolute atomic E-state index is 12.1. The summed E-state index contributed by atoms with van der Waals surface area (Å²) in [7, 11) is 1.63. The van der Waals surface area contributed by atoms with Gasteiger partial charge in [0.05, 0.1) is 7.11 Å². The predicted molar refractivity (Wildman–Crippen MR) is 94.4 cm³/mol. The van der Waals surface area contributed by atoms with Gasteiger partial charge in [-0.25, -0.2) is 0 Å². The lowest BCUT2D eigenvalue weighted by Gasteiger charge is -2.25. The molecule has 120 valence electrons. The smallest absolute Gasteiger partial charge is 0.244 e. The molecule has 0 aromatic heterocycles. The first kappa shape index (κ1) is 16.8. The average molecular weight is 309 g/mol. The molecule has 0 aliphatic carbocycles. The quantitative estimate of drug-likeness (QED) is 0.823. The molecule has 0 aliphatic rings. The van der Waals surface area contributed by atoms with Gasteiger partial charge in [0.2, 0.25) is 5.91 Å². The van der Waals surface area contributed by atoms with Crippen LogP contribution in [0.25, 0.3) is 6.08 Å². The first-order valence-corrected chi connectivity index (χ1v) is 7.67. The monoisotopic (exact) mass is 309 g/mol. The summed E-state index contributed by atoms with van der Waals surface area (Å²) in [6.07, 6.45) is 4.15. The molecule has 1 N–H and O–H groups in total. The van der Waals surface area contributed by atoms with E-state index >= 15 is 0 Å². The highest BCUT2D eigenvalue weighted by Crippen LogP contribution is 2.14. The summed E-state index contributed by atoms with van der Waals surface area (Å²) in [5.74, 6) is 0.706. The van der Waals surface area contributed by atoms with Crippen LogP contribution in [0.5, 0.6) is 5.75 Å². The number of hydrogen-bond acceptors (Lipinski definition) is 2. The summed E-state index contributed by atoms with van der Waals surface area (Å²) in [4.78, 5) is 12.1. The van der Waals surface area contributed by atoms with Crippen molar-refractivity contribution in [1.82, 2.24) is 5.32 Å². The van der Waals surface area contributed by atoms with Crippen LogP contribution < -0.4 is 10.1 Å². The van der Waals surface area contributed by atoms with Crippen molar-refractivity contribution < 1.29 is 9.53 Å². The Hall–Kier alpha value is -2.55. The number of ether oxygens (including phenoxy) is 1. The minimum absolute atomic E-state index is 0.0956. The van der Waals surface area contributed by atoms with E-state index in [1.807, 2.05) is 56.3 Å². The zero-order valence-corrected chi connectivity index (χ0v) is 13.9. The molecule has 1 amide bonds. The van der Waals surface area contributed by atoms with Crippen molar-refractivity contribution in [3.8, 4) is 5.75 Å². The van der Waals surface area contributed by atoms with E-state index in [4.69, 9.17) is 4.74 Å². The summed E-state index contributed by atoms with van der Waals surface area (Å²) in [5.41, 5.74) is 1.86. The summed E-state index contributed by atoms with van der Waals surface area (Å²) in [6, 6.07) is 17.7. The van der Waals surface area contributed by atoms with Crippen LogP contribution in [-0.4, -0.2) is 18.6 Å². The van der Waals surface area contributed by atoms with Crippen LogP contribution in [0, 0.1) is 0 Å². The van der Waals surface area contributed by atoms with Gasteiger partial charge in [-0.15, -0.1) is 0 Å². The van der Waals surface area contributed by atoms with Gasteiger partial charge in [0.1, 0.15) is 5.75 Å². The molecule has 23 heavy (non-hydrogen) atoms. The van der Waals surface area contributed by atoms with E-state index < -0.39 is 0 Å². The molecule has 0 radical (unpaired) electrons. The summed E-state index contributed by atoms with van der Waals surface area (Å²) >= 11 is 0. The van der Waals surface area contributed by atoms with Gasteiger partial charge in [-0.05, 0) is 49.6 Å². The second-order valence-corrected chi connectivity index (χ2v) is 6.14. The Balaban J connectivity index is 1.93. The molecule has 0 atom stereocenters. The molecule has 0 aliphatic heterocycles. The second-order valence-electron chi connectivity index (χ2n) is 6.14. The highest BCUT2D eigenvalue weighted by atomic mass is 16.5. The Labute approximate surface area is 138 Å². The SMILES string of the molecule is COc1ccc(/C=C/C(=O)NC(C)(C)Cc2ccccc2)cc1. The molecule has 2 aromatic rings. The third-order valence-corrected chi connectivity index (χ3v) is 3.49. The van der Waals surface area contributed by atoms with Crippen LogP contribution in [0.2, 0.25) is 0 Å². The molecule has 0 bridgehead atoms. The van der Waals surface area contributed by atoms with Crippen molar-refractivity contribution in [3.63, 3.8) is 0 Å². The summed E-state index contributed by atoms with van der Waals surface area (Å²) in [6.45, 7) is 4.05. The van der Waals surface area contributed by atoms with E-state index in [9.17, 15) is 4.79 Å². The third-order valence-electron chi connectivity index (χ3n) is 3.49. The fourth-order valence-corrected chi connectivity index (χ4v) is 2.41. The number of carbonyl (C=O) groups is 1. The largest absolute Gasteiger partial charge is 0.497 e. The zero-order chi connectivity index (χ0) is 16.7. The van der Waals surface area contributed by atoms with Crippen molar-refractivity contribution in [2.24, 2.45) is 0 Å². The van der Waals surface area contributed by atoms with Gasteiger partial charge in [-0.2, -0.15) is 0 Å². The van der Waals surface area contributed by atoms with Crippen molar-refractivity contribution in [1.29, 1.82) is 0 Å². The van der Waals surface area contributed by atoms with Crippen LogP contribution in [0.3, 0.4) is 0 Å². The molecule has 0 spiro atoms. The zero-order valence-electron chi connectivity index (χ0n) is 13.9. The minimum Gasteiger partial charge on any atom is -0.497 e. The molecule has 3 heteroatoms. The fraction of sp³-hybridized carbons (Fsp3) is 0.250. The lowest BCUT2D eigenvalue weighted by molar-refractivity contribution is -0.117.